The van der Waals surface area contributed by atoms with Gasteiger partial charge in [-0.1, -0.05) is 0 Å². The molecule has 0 radical (unpaired) electrons. The van der Waals surface area contributed by atoms with Gasteiger partial charge in [0, 0.05) is 19.2 Å². The Morgan fingerprint density at radius 2 is 1.79 bits per heavy atom. The molecule has 0 saturated heterocycles. The number of benzene rings is 1. The molecule has 0 fully saturated rings. The Labute approximate surface area is 189 Å². The van der Waals surface area contributed by atoms with Gasteiger partial charge in [0.05, 0.1) is 35.9 Å². The summed E-state index contributed by atoms with van der Waals surface area (Å²) >= 11 is 0. The normalized spacial score (nSPS) is 10.8. The molecule has 2 amide bonds. The number of aryl methyl sites for hydroxylation is 2. The Balaban J connectivity index is 1.62. The average molecular weight is 446 g/mol. The van der Waals surface area contributed by atoms with Crippen LogP contribution in [-0.4, -0.2) is 50.2 Å². The molecule has 3 aromatic heterocycles. The van der Waals surface area contributed by atoms with Crippen molar-refractivity contribution < 1.29 is 18.7 Å². The molecule has 0 unspecified atom stereocenters. The van der Waals surface area contributed by atoms with Crippen LogP contribution < -0.4 is 10.1 Å². The van der Waals surface area contributed by atoms with Crippen LogP contribution in [-0.2, 0) is 0 Å². The van der Waals surface area contributed by atoms with Crippen LogP contribution in [0.1, 0.15) is 39.4 Å². The number of rotatable bonds is 6. The quantitative estimate of drug-likeness (QED) is 0.475. The van der Waals surface area contributed by atoms with E-state index < -0.39 is 5.91 Å². The summed E-state index contributed by atoms with van der Waals surface area (Å²) in [5.41, 5.74) is 1.54. The zero-order valence-corrected chi connectivity index (χ0v) is 18.6. The maximum atomic E-state index is 12.8. The molecule has 1 N–H and O–H groups in total. The minimum Gasteiger partial charge on any atom is -0.461 e. The molecule has 0 atom stereocenters. The Hall–Kier alpha value is -4.34. The van der Waals surface area contributed by atoms with Gasteiger partial charge in [-0.25, -0.2) is 15.0 Å². The van der Waals surface area contributed by atoms with Gasteiger partial charge in [0.25, 0.3) is 11.8 Å². The average Bonchev–Trinajstić information content (AvgIpc) is 3.20. The van der Waals surface area contributed by atoms with E-state index in [2.05, 4.69) is 25.3 Å². The van der Waals surface area contributed by atoms with E-state index >= 15 is 0 Å². The van der Waals surface area contributed by atoms with Crippen LogP contribution in [0.5, 0.6) is 11.5 Å². The smallest absolute Gasteiger partial charge is 0.291 e. The lowest BCUT2D eigenvalue weighted by molar-refractivity contribution is 0.0790. The first-order chi connectivity index (χ1) is 15.8. The number of carbonyl (C=O) groups is 2. The number of hydrogen-bond donors (Lipinski definition) is 1. The predicted molar refractivity (Wildman–Crippen MR) is 120 cm³/mol. The number of fused-ring (bicyclic) bond motifs is 1. The number of aromatic nitrogens is 4. The molecule has 0 bridgehead atoms. The fraction of sp³-hybridized carbons (Fsp3) is 0.217. The molecule has 10 heteroatoms. The molecule has 0 aliphatic heterocycles. The SMILES string of the molecule is CCN(C)C(=O)c1ncc(Oc2cc(C(=O)Nc3cnc(C)cn3)cc3oc(C)cc23)cn1. The van der Waals surface area contributed by atoms with Crippen molar-refractivity contribution in [1.29, 1.82) is 0 Å². The minimum absolute atomic E-state index is 0.0725. The zero-order chi connectivity index (χ0) is 23.5. The van der Waals surface area contributed by atoms with E-state index in [0.29, 0.717) is 46.2 Å². The third kappa shape index (κ3) is 4.79. The Morgan fingerprint density at radius 3 is 2.45 bits per heavy atom. The van der Waals surface area contributed by atoms with E-state index in [1.54, 1.807) is 32.3 Å². The minimum atomic E-state index is -0.395. The molecule has 4 rings (SSSR count). The topological polar surface area (TPSA) is 123 Å². The number of ether oxygens (including phenoxy) is 1. The zero-order valence-electron chi connectivity index (χ0n) is 18.6. The van der Waals surface area contributed by atoms with Crippen LogP contribution in [0.3, 0.4) is 0 Å². The molecule has 33 heavy (non-hydrogen) atoms. The molecule has 0 saturated carbocycles. The summed E-state index contributed by atoms with van der Waals surface area (Å²) in [4.78, 5) is 43.0. The standard InChI is InChI=1S/C23H22N6O4/c1-5-29(4)23(31)21-26-10-16(11-27-21)33-19-8-15(7-18-17(19)6-14(3)32-18)22(30)28-20-12-24-13(2)9-25-20/h6-12H,5H2,1-4H3,(H,25,28,30). The van der Waals surface area contributed by atoms with Gasteiger partial charge in [0.1, 0.15) is 17.1 Å². The van der Waals surface area contributed by atoms with Gasteiger partial charge < -0.3 is 19.4 Å². The number of amides is 2. The highest BCUT2D eigenvalue weighted by Gasteiger charge is 2.17. The van der Waals surface area contributed by atoms with Crippen molar-refractivity contribution in [3.8, 4) is 11.5 Å². The molecular formula is C23H22N6O4. The summed E-state index contributed by atoms with van der Waals surface area (Å²) in [6.07, 6.45) is 5.88. The van der Waals surface area contributed by atoms with Crippen LogP contribution in [0.25, 0.3) is 11.0 Å². The fourth-order valence-corrected chi connectivity index (χ4v) is 3.02. The van der Waals surface area contributed by atoms with Crippen LogP contribution in [0.2, 0.25) is 0 Å². The summed E-state index contributed by atoms with van der Waals surface area (Å²) in [7, 11) is 1.67. The summed E-state index contributed by atoms with van der Waals surface area (Å²) in [6, 6.07) is 5.04. The molecule has 4 aromatic rings. The number of furan rings is 1. The van der Waals surface area contributed by atoms with Crippen molar-refractivity contribution in [3.63, 3.8) is 0 Å². The molecule has 10 nitrogen and oxygen atoms in total. The lowest BCUT2D eigenvalue weighted by atomic mass is 10.1. The van der Waals surface area contributed by atoms with Crippen molar-refractivity contribution >= 4 is 28.6 Å². The maximum Gasteiger partial charge on any atom is 0.291 e. The van der Waals surface area contributed by atoms with E-state index in [-0.39, 0.29) is 11.7 Å². The third-order valence-electron chi connectivity index (χ3n) is 4.88. The van der Waals surface area contributed by atoms with Crippen molar-refractivity contribution in [1.82, 2.24) is 24.8 Å². The third-order valence-corrected chi connectivity index (χ3v) is 4.88. The van der Waals surface area contributed by atoms with Crippen molar-refractivity contribution in [3.05, 3.63) is 65.8 Å². The van der Waals surface area contributed by atoms with E-state index in [1.807, 2.05) is 19.9 Å². The molecular weight excluding hydrogens is 424 g/mol. The van der Waals surface area contributed by atoms with Crippen LogP contribution in [0.15, 0.2) is 47.4 Å². The Bertz CT molecular complexity index is 1320. The highest BCUT2D eigenvalue weighted by atomic mass is 16.5. The number of carbonyl (C=O) groups excluding carboxylic acids is 2. The van der Waals surface area contributed by atoms with Gasteiger partial charge in [-0.2, -0.15) is 0 Å². The van der Waals surface area contributed by atoms with Crippen molar-refractivity contribution in [2.45, 2.75) is 20.8 Å². The van der Waals surface area contributed by atoms with E-state index in [9.17, 15) is 9.59 Å². The molecule has 168 valence electrons. The van der Waals surface area contributed by atoms with Crippen LogP contribution >= 0.6 is 0 Å². The molecule has 3 heterocycles. The summed E-state index contributed by atoms with van der Waals surface area (Å²) < 4.78 is 11.7. The fourth-order valence-electron chi connectivity index (χ4n) is 3.02. The van der Waals surface area contributed by atoms with Gasteiger partial charge in [0.2, 0.25) is 5.82 Å². The summed E-state index contributed by atoms with van der Waals surface area (Å²) in [6.45, 7) is 6.02. The number of hydrogen-bond acceptors (Lipinski definition) is 8. The molecule has 0 aliphatic rings. The van der Waals surface area contributed by atoms with E-state index in [0.717, 1.165) is 5.69 Å². The highest BCUT2D eigenvalue weighted by Crippen LogP contribution is 2.33. The van der Waals surface area contributed by atoms with Crippen LogP contribution in [0, 0.1) is 13.8 Å². The Kier molecular flexibility index (Phi) is 5.99. The van der Waals surface area contributed by atoms with Gasteiger partial charge in [-0.3, -0.25) is 14.6 Å². The first-order valence-electron chi connectivity index (χ1n) is 10.2. The van der Waals surface area contributed by atoms with Crippen LogP contribution in [0.4, 0.5) is 5.82 Å². The van der Waals surface area contributed by atoms with Gasteiger partial charge >= 0.3 is 0 Å². The largest absolute Gasteiger partial charge is 0.461 e. The second-order valence-corrected chi connectivity index (χ2v) is 7.40. The Morgan fingerprint density at radius 1 is 1.03 bits per heavy atom. The number of anilines is 1. The number of nitrogens with one attached hydrogen (secondary N) is 1. The number of nitrogens with zero attached hydrogens (tertiary/aromatic N) is 5. The second kappa shape index (κ2) is 9.03. The molecule has 0 spiro atoms. The van der Waals surface area contributed by atoms with Crippen molar-refractivity contribution in [2.24, 2.45) is 0 Å². The summed E-state index contributed by atoms with van der Waals surface area (Å²) in [5.74, 6) is 1.09. The van der Waals surface area contributed by atoms with Gasteiger partial charge in [-0.05, 0) is 39.0 Å². The van der Waals surface area contributed by atoms with Gasteiger partial charge in [0.15, 0.2) is 11.6 Å². The lowest BCUT2D eigenvalue weighted by Crippen LogP contribution is -2.27. The highest BCUT2D eigenvalue weighted by molar-refractivity contribution is 6.06. The van der Waals surface area contributed by atoms with E-state index in [1.165, 1.54) is 23.5 Å². The summed E-state index contributed by atoms with van der Waals surface area (Å²) in [5, 5.41) is 3.39. The van der Waals surface area contributed by atoms with Crippen molar-refractivity contribution in [2.75, 3.05) is 18.9 Å². The monoisotopic (exact) mass is 446 g/mol. The van der Waals surface area contributed by atoms with E-state index in [4.69, 9.17) is 9.15 Å². The maximum absolute atomic E-state index is 12.8. The van der Waals surface area contributed by atoms with Gasteiger partial charge in [-0.15, -0.1) is 0 Å². The predicted octanol–water partition coefficient (Wildman–Crippen LogP) is 3.77. The molecule has 0 aliphatic carbocycles. The molecule has 1 aromatic carbocycles. The first-order valence-corrected chi connectivity index (χ1v) is 10.2. The second-order valence-electron chi connectivity index (χ2n) is 7.40. The lowest BCUT2D eigenvalue weighted by Gasteiger charge is -2.13. The first kappa shape index (κ1) is 21.9.